The summed E-state index contributed by atoms with van der Waals surface area (Å²) in [6.45, 7) is -0.174. The van der Waals surface area contributed by atoms with Crippen molar-refractivity contribution >= 4 is 37.7 Å². The van der Waals surface area contributed by atoms with Crippen LogP contribution in [0.5, 0.6) is 0 Å². The van der Waals surface area contributed by atoms with Crippen LogP contribution in [-0.4, -0.2) is 31.1 Å². The third kappa shape index (κ3) is 3.57. The van der Waals surface area contributed by atoms with E-state index in [1.807, 2.05) is 6.26 Å². The SMILES string of the molecule is CSC1CCCC1NS(=O)(=O)c1cc(CO)ccc1Br. The van der Waals surface area contributed by atoms with Crippen LogP contribution in [0.2, 0.25) is 0 Å². The molecule has 0 heterocycles. The van der Waals surface area contributed by atoms with Crippen LogP contribution in [-0.2, 0) is 16.6 Å². The molecule has 2 atom stereocenters. The van der Waals surface area contributed by atoms with Crippen molar-refractivity contribution in [1.29, 1.82) is 0 Å². The summed E-state index contributed by atoms with van der Waals surface area (Å²) >= 11 is 4.98. The van der Waals surface area contributed by atoms with Gasteiger partial charge in [0, 0.05) is 15.8 Å². The summed E-state index contributed by atoms with van der Waals surface area (Å²) in [5.41, 5.74) is 0.585. The summed E-state index contributed by atoms with van der Waals surface area (Å²) in [5.74, 6) is 0. The normalized spacial score (nSPS) is 23.1. The van der Waals surface area contributed by atoms with Gasteiger partial charge in [-0.2, -0.15) is 11.8 Å². The van der Waals surface area contributed by atoms with Crippen LogP contribution in [0, 0.1) is 0 Å². The predicted molar refractivity (Wildman–Crippen MR) is 85.3 cm³/mol. The van der Waals surface area contributed by atoms with Crippen LogP contribution >= 0.6 is 27.7 Å². The number of aliphatic hydroxyl groups excluding tert-OH is 1. The van der Waals surface area contributed by atoms with E-state index >= 15 is 0 Å². The maximum absolute atomic E-state index is 12.5. The van der Waals surface area contributed by atoms with E-state index in [4.69, 9.17) is 5.11 Å². The molecule has 1 fully saturated rings. The standard InChI is InChI=1S/C13H18BrNO3S2/c1-19-12-4-2-3-11(12)15-20(17,18)13-7-9(8-16)5-6-10(13)14/h5-7,11-12,15-16H,2-4,8H2,1H3. The highest BCUT2D eigenvalue weighted by Crippen LogP contribution is 2.30. The van der Waals surface area contributed by atoms with Crippen molar-refractivity contribution in [3.8, 4) is 0 Å². The zero-order chi connectivity index (χ0) is 14.8. The van der Waals surface area contributed by atoms with E-state index < -0.39 is 10.0 Å². The fourth-order valence-electron chi connectivity index (χ4n) is 2.46. The first-order chi connectivity index (χ1) is 9.47. The minimum atomic E-state index is -3.57. The monoisotopic (exact) mass is 379 g/mol. The molecule has 1 aliphatic rings. The number of sulfonamides is 1. The molecule has 2 unspecified atom stereocenters. The molecular formula is C13H18BrNO3S2. The first-order valence-corrected chi connectivity index (χ1v) is 9.98. The van der Waals surface area contributed by atoms with Gasteiger partial charge in [0.15, 0.2) is 0 Å². The summed E-state index contributed by atoms with van der Waals surface area (Å²) in [6, 6.07) is 4.85. The molecular weight excluding hydrogens is 362 g/mol. The van der Waals surface area contributed by atoms with Crippen LogP contribution in [0.1, 0.15) is 24.8 Å². The van der Waals surface area contributed by atoms with E-state index in [1.165, 1.54) is 6.07 Å². The lowest BCUT2D eigenvalue weighted by Crippen LogP contribution is -2.38. The molecule has 0 bridgehead atoms. The Bertz CT molecular complexity index is 577. The lowest BCUT2D eigenvalue weighted by atomic mass is 10.2. The van der Waals surface area contributed by atoms with Crippen molar-refractivity contribution in [1.82, 2.24) is 4.72 Å². The molecule has 0 aromatic heterocycles. The number of aliphatic hydroxyl groups is 1. The maximum Gasteiger partial charge on any atom is 0.241 e. The third-order valence-corrected chi connectivity index (χ3v) is 7.18. The highest BCUT2D eigenvalue weighted by molar-refractivity contribution is 9.10. The number of hydrogen-bond acceptors (Lipinski definition) is 4. The Hall–Kier alpha value is -0.0800. The first-order valence-electron chi connectivity index (χ1n) is 6.42. The molecule has 2 rings (SSSR count). The van der Waals surface area contributed by atoms with E-state index in [2.05, 4.69) is 20.7 Å². The second-order valence-electron chi connectivity index (χ2n) is 4.86. The number of hydrogen-bond donors (Lipinski definition) is 2. The van der Waals surface area contributed by atoms with E-state index in [9.17, 15) is 8.42 Å². The van der Waals surface area contributed by atoms with Crippen molar-refractivity contribution in [2.24, 2.45) is 0 Å². The number of benzene rings is 1. The van der Waals surface area contributed by atoms with Gasteiger partial charge in [-0.25, -0.2) is 13.1 Å². The highest BCUT2D eigenvalue weighted by atomic mass is 79.9. The van der Waals surface area contributed by atoms with Gasteiger partial charge < -0.3 is 5.11 Å². The van der Waals surface area contributed by atoms with Crippen LogP contribution in [0.3, 0.4) is 0 Å². The summed E-state index contributed by atoms with van der Waals surface area (Å²) in [4.78, 5) is 0.191. The fourth-order valence-corrected chi connectivity index (χ4v) is 5.80. The maximum atomic E-state index is 12.5. The second kappa shape index (κ2) is 6.79. The lowest BCUT2D eigenvalue weighted by Gasteiger charge is -2.19. The third-order valence-electron chi connectivity index (χ3n) is 3.53. The number of halogens is 1. The number of thioether (sulfide) groups is 1. The Morgan fingerprint density at radius 3 is 2.85 bits per heavy atom. The molecule has 20 heavy (non-hydrogen) atoms. The average molecular weight is 380 g/mol. The second-order valence-corrected chi connectivity index (χ2v) is 8.47. The summed E-state index contributed by atoms with van der Waals surface area (Å²) in [7, 11) is -3.57. The molecule has 1 aromatic rings. The molecule has 0 aliphatic heterocycles. The van der Waals surface area contributed by atoms with Crippen LogP contribution in [0.4, 0.5) is 0 Å². The quantitative estimate of drug-likeness (QED) is 0.824. The van der Waals surface area contributed by atoms with Crippen molar-refractivity contribution in [2.45, 2.75) is 42.1 Å². The van der Waals surface area contributed by atoms with Gasteiger partial charge in [0.05, 0.1) is 11.5 Å². The molecule has 0 spiro atoms. The zero-order valence-corrected chi connectivity index (χ0v) is 14.4. The van der Waals surface area contributed by atoms with Crippen LogP contribution in [0.15, 0.2) is 27.6 Å². The van der Waals surface area contributed by atoms with Crippen LogP contribution in [0.25, 0.3) is 0 Å². The zero-order valence-electron chi connectivity index (χ0n) is 11.2. The van der Waals surface area contributed by atoms with Gasteiger partial charge in [-0.05, 0) is 52.7 Å². The van der Waals surface area contributed by atoms with Gasteiger partial charge >= 0.3 is 0 Å². The smallest absolute Gasteiger partial charge is 0.241 e. The Kier molecular flexibility index (Phi) is 5.53. The van der Waals surface area contributed by atoms with Gasteiger partial charge in [-0.3, -0.25) is 0 Å². The Morgan fingerprint density at radius 1 is 1.45 bits per heavy atom. The molecule has 2 N–H and O–H groups in total. The topological polar surface area (TPSA) is 66.4 Å². The molecule has 1 aliphatic carbocycles. The molecule has 0 saturated heterocycles. The number of rotatable bonds is 5. The molecule has 1 saturated carbocycles. The summed E-state index contributed by atoms with van der Waals surface area (Å²) in [5, 5.41) is 9.49. The number of nitrogens with one attached hydrogen (secondary N) is 1. The van der Waals surface area contributed by atoms with Crippen molar-refractivity contribution < 1.29 is 13.5 Å². The minimum Gasteiger partial charge on any atom is -0.392 e. The summed E-state index contributed by atoms with van der Waals surface area (Å²) in [6.07, 6.45) is 4.99. The predicted octanol–water partition coefficient (Wildman–Crippen LogP) is 2.50. The highest BCUT2D eigenvalue weighted by Gasteiger charge is 2.31. The molecule has 7 heteroatoms. The van der Waals surface area contributed by atoms with E-state index in [1.54, 1.807) is 23.9 Å². The van der Waals surface area contributed by atoms with E-state index in [-0.39, 0.29) is 17.5 Å². The molecule has 0 amide bonds. The minimum absolute atomic E-state index is 0.0142. The Labute approximate surface area is 132 Å². The van der Waals surface area contributed by atoms with Gasteiger partial charge in [0.1, 0.15) is 0 Å². The van der Waals surface area contributed by atoms with Crippen molar-refractivity contribution in [2.75, 3.05) is 6.26 Å². The van der Waals surface area contributed by atoms with Crippen molar-refractivity contribution in [3.05, 3.63) is 28.2 Å². The lowest BCUT2D eigenvalue weighted by molar-refractivity contribution is 0.281. The van der Waals surface area contributed by atoms with Gasteiger partial charge in [-0.1, -0.05) is 12.5 Å². The molecule has 112 valence electrons. The molecule has 0 radical (unpaired) electrons. The first kappa shape index (κ1) is 16.3. The van der Waals surface area contributed by atoms with Gasteiger partial charge in [-0.15, -0.1) is 0 Å². The molecule has 1 aromatic carbocycles. The average Bonchev–Trinajstić information content (AvgIpc) is 2.85. The fraction of sp³-hybridized carbons (Fsp3) is 0.538. The largest absolute Gasteiger partial charge is 0.392 e. The Balaban J connectivity index is 2.26. The van der Waals surface area contributed by atoms with E-state index in [0.717, 1.165) is 19.3 Å². The van der Waals surface area contributed by atoms with Crippen molar-refractivity contribution in [3.63, 3.8) is 0 Å². The Morgan fingerprint density at radius 2 is 2.20 bits per heavy atom. The van der Waals surface area contributed by atoms with Crippen LogP contribution < -0.4 is 4.72 Å². The summed E-state index contributed by atoms with van der Waals surface area (Å²) < 4.78 is 28.3. The van der Waals surface area contributed by atoms with E-state index in [0.29, 0.717) is 15.3 Å². The van der Waals surface area contributed by atoms with Gasteiger partial charge in [0.25, 0.3) is 0 Å². The molecule has 4 nitrogen and oxygen atoms in total. The van der Waals surface area contributed by atoms with Gasteiger partial charge in [0.2, 0.25) is 10.0 Å².